The first kappa shape index (κ1) is 21.0. The maximum atomic E-state index is 13.2. The van der Waals surface area contributed by atoms with E-state index < -0.39 is 11.7 Å². The Balaban J connectivity index is 2.31. The Kier molecular flexibility index (Phi) is 6.68. The number of allylic oxidation sites excluding steroid dienone is 1. The van der Waals surface area contributed by atoms with Gasteiger partial charge in [-0.1, -0.05) is 38.5 Å². The number of pyridine rings is 1. The molecule has 0 spiro atoms. The minimum atomic E-state index is -4.36. The molecule has 0 N–H and O–H groups in total. The van der Waals surface area contributed by atoms with Crippen LogP contribution in [0.25, 0.3) is 11.1 Å². The fraction of sp³-hybridized carbons (Fsp3) is 0.409. The maximum absolute atomic E-state index is 13.2. The molecule has 5 heteroatoms. The summed E-state index contributed by atoms with van der Waals surface area (Å²) in [6, 6.07) is 6.15. The molecule has 0 atom stereocenters. The summed E-state index contributed by atoms with van der Waals surface area (Å²) in [7, 11) is 1.93. The monoisotopic (exact) mass is 376 g/mol. The Labute approximate surface area is 159 Å². The lowest BCUT2D eigenvalue weighted by Crippen LogP contribution is -2.18. The van der Waals surface area contributed by atoms with Crippen molar-refractivity contribution in [3.8, 4) is 11.1 Å². The van der Waals surface area contributed by atoms with Crippen LogP contribution in [0.2, 0.25) is 0 Å². The molecule has 0 radical (unpaired) electrons. The molecule has 0 saturated heterocycles. The summed E-state index contributed by atoms with van der Waals surface area (Å²) in [4.78, 5) is 6.49. The summed E-state index contributed by atoms with van der Waals surface area (Å²) in [6.07, 6.45) is 1.58. The molecular formula is C22H27F3N2. The van der Waals surface area contributed by atoms with Crippen molar-refractivity contribution in [3.05, 3.63) is 59.4 Å². The number of unbranched alkanes of at least 4 members (excludes halogenated alkanes) is 2. The Morgan fingerprint density at radius 2 is 1.89 bits per heavy atom. The van der Waals surface area contributed by atoms with Gasteiger partial charge in [0.25, 0.3) is 0 Å². The normalized spacial score (nSPS) is 11.5. The predicted octanol–water partition coefficient (Wildman–Crippen LogP) is 6.91. The topological polar surface area (TPSA) is 16.1 Å². The van der Waals surface area contributed by atoms with Gasteiger partial charge in [0.2, 0.25) is 0 Å². The molecule has 1 heterocycles. The minimum Gasteiger partial charge on any atom is -0.334 e. The van der Waals surface area contributed by atoms with Crippen molar-refractivity contribution in [2.24, 2.45) is 0 Å². The van der Waals surface area contributed by atoms with Crippen LogP contribution in [0.1, 0.15) is 49.3 Å². The van der Waals surface area contributed by atoms with Crippen molar-refractivity contribution in [3.63, 3.8) is 0 Å². The zero-order chi connectivity index (χ0) is 20.2. The smallest absolute Gasteiger partial charge is 0.334 e. The van der Waals surface area contributed by atoms with Crippen LogP contribution < -0.4 is 4.90 Å². The summed E-state index contributed by atoms with van der Waals surface area (Å²) in [5.41, 5.74) is 2.74. The second-order valence-corrected chi connectivity index (χ2v) is 6.92. The molecule has 27 heavy (non-hydrogen) atoms. The van der Waals surface area contributed by atoms with E-state index in [1.165, 1.54) is 13.0 Å². The molecule has 0 saturated carbocycles. The van der Waals surface area contributed by atoms with Crippen LogP contribution in [0, 0.1) is 13.8 Å². The van der Waals surface area contributed by atoms with Crippen molar-refractivity contribution in [1.29, 1.82) is 0 Å². The van der Waals surface area contributed by atoms with Crippen molar-refractivity contribution < 1.29 is 13.2 Å². The van der Waals surface area contributed by atoms with Gasteiger partial charge in [-0.2, -0.15) is 13.2 Å². The van der Waals surface area contributed by atoms with E-state index in [1.54, 1.807) is 12.3 Å². The second kappa shape index (κ2) is 8.59. The lowest BCUT2D eigenvalue weighted by atomic mass is 9.96. The number of aromatic nitrogens is 1. The average Bonchev–Trinajstić information content (AvgIpc) is 2.60. The van der Waals surface area contributed by atoms with E-state index >= 15 is 0 Å². The second-order valence-electron chi connectivity index (χ2n) is 6.92. The first-order chi connectivity index (χ1) is 12.7. The zero-order valence-electron chi connectivity index (χ0n) is 16.5. The summed E-state index contributed by atoms with van der Waals surface area (Å²) < 4.78 is 39.5. The van der Waals surface area contributed by atoms with Crippen LogP contribution in [0.15, 0.2) is 42.7 Å². The number of hydrogen-bond acceptors (Lipinski definition) is 2. The fourth-order valence-electron chi connectivity index (χ4n) is 3.22. The number of hydrogen-bond donors (Lipinski definition) is 0. The first-order valence-corrected chi connectivity index (χ1v) is 9.22. The summed E-state index contributed by atoms with van der Waals surface area (Å²) >= 11 is 0. The number of rotatable bonds is 7. The molecule has 2 nitrogen and oxygen atoms in total. The number of alkyl halides is 3. The van der Waals surface area contributed by atoms with E-state index in [-0.39, 0.29) is 5.56 Å². The SMILES string of the molecule is C=C(CCCCC)N(C)c1ncc(-c2cccc(C(F)(F)F)c2C)cc1C. The standard InChI is InChI=1S/C22H27F3N2/c1-6-7-8-10-16(3)27(5)21-15(2)13-18(14-26-21)19-11-9-12-20(17(19)4)22(23,24)25/h9,11-14H,3,6-8,10H2,1-2,4-5H3. The molecule has 0 fully saturated rings. The molecule has 2 aromatic rings. The Hall–Kier alpha value is -2.30. The predicted molar refractivity (Wildman–Crippen MR) is 106 cm³/mol. The molecule has 0 aliphatic carbocycles. The summed E-state index contributed by atoms with van der Waals surface area (Å²) in [5.74, 6) is 0.782. The van der Waals surface area contributed by atoms with Crippen LogP contribution in [0.3, 0.4) is 0 Å². The number of nitrogens with zero attached hydrogens (tertiary/aromatic N) is 2. The third-order valence-electron chi connectivity index (χ3n) is 4.86. The van der Waals surface area contributed by atoms with Crippen molar-refractivity contribution in [2.75, 3.05) is 11.9 Å². The van der Waals surface area contributed by atoms with Crippen LogP contribution in [0.5, 0.6) is 0 Å². The number of halogens is 3. The molecule has 0 bridgehead atoms. The van der Waals surface area contributed by atoms with E-state index in [4.69, 9.17) is 0 Å². The van der Waals surface area contributed by atoms with Gasteiger partial charge in [-0.3, -0.25) is 0 Å². The third kappa shape index (κ3) is 4.90. The van der Waals surface area contributed by atoms with Gasteiger partial charge in [-0.15, -0.1) is 0 Å². The molecule has 0 aliphatic heterocycles. The minimum absolute atomic E-state index is 0.219. The quantitative estimate of drug-likeness (QED) is 0.488. The average molecular weight is 376 g/mol. The molecule has 1 aromatic carbocycles. The van der Waals surface area contributed by atoms with E-state index in [1.807, 2.05) is 24.9 Å². The van der Waals surface area contributed by atoms with Crippen LogP contribution in [-0.4, -0.2) is 12.0 Å². The highest BCUT2D eigenvalue weighted by atomic mass is 19.4. The highest BCUT2D eigenvalue weighted by Crippen LogP contribution is 2.36. The van der Waals surface area contributed by atoms with Crippen molar-refractivity contribution in [2.45, 2.75) is 52.6 Å². The van der Waals surface area contributed by atoms with Gasteiger partial charge in [0, 0.05) is 24.5 Å². The van der Waals surface area contributed by atoms with Gasteiger partial charge in [0.15, 0.2) is 0 Å². The van der Waals surface area contributed by atoms with Gasteiger partial charge < -0.3 is 4.90 Å². The molecular weight excluding hydrogens is 349 g/mol. The molecule has 0 aliphatic rings. The van der Waals surface area contributed by atoms with Crippen LogP contribution >= 0.6 is 0 Å². The lowest BCUT2D eigenvalue weighted by Gasteiger charge is -2.23. The highest BCUT2D eigenvalue weighted by molar-refractivity contribution is 5.70. The fourth-order valence-corrected chi connectivity index (χ4v) is 3.22. The Morgan fingerprint density at radius 1 is 1.19 bits per heavy atom. The molecule has 146 valence electrons. The van der Waals surface area contributed by atoms with Gasteiger partial charge in [-0.05, 0) is 55.5 Å². The van der Waals surface area contributed by atoms with E-state index in [9.17, 15) is 13.2 Å². The Morgan fingerprint density at radius 3 is 2.48 bits per heavy atom. The number of anilines is 1. The van der Waals surface area contributed by atoms with Crippen LogP contribution in [0.4, 0.5) is 19.0 Å². The van der Waals surface area contributed by atoms with E-state index in [0.29, 0.717) is 11.1 Å². The summed E-state index contributed by atoms with van der Waals surface area (Å²) in [5, 5.41) is 0. The molecule has 0 unspecified atom stereocenters. The number of aryl methyl sites for hydroxylation is 1. The third-order valence-corrected chi connectivity index (χ3v) is 4.86. The van der Waals surface area contributed by atoms with Crippen molar-refractivity contribution in [1.82, 2.24) is 4.98 Å². The van der Waals surface area contributed by atoms with Gasteiger partial charge in [0.1, 0.15) is 5.82 Å². The Bertz CT molecular complexity index is 810. The molecule has 1 aromatic heterocycles. The van der Waals surface area contributed by atoms with E-state index in [2.05, 4.69) is 18.5 Å². The van der Waals surface area contributed by atoms with Gasteiger partial charge >= 0.3 is 6.18 Å². The molecule has 2 rings (SSSR count). The van der Waals surface area contributed by atoms with Crippen molar-refractivity contribution >= 4 is 5.82 Å². The maximum Gasteiger partial charge on any atom is 0.416 e. The zero-order valence-corrected chi connectivity index (χ0v) is 16.5. The van der Waals surface area contributed by atoms with Gasteiger partial charge in [0.05, 0.1) is 5.56 Å². The highest BCUT2D eigenvalue weighted by Gasteiger charge is 2.33. The lowest BCUT2D eigenvalue weighted by molar-refractivity contribution is -0.138. The van der Waals surface area contributed by atoms with Gasteiger partial charge in [-0.25, -0.2) is 4.98 Å². The largest absolute Gasteiger partial charge is 0.416 e. The first-order valence-electron chi connectivity index (χ1n) is 9.22. The number of benzene rings is 1. The van der Waals surface area contributed by atoms with Crippen LogP contribution in [-0.2, 0) is 6.18 Å². The molecule has 0 amide bonds. The summed E-state index contributed by atoms with van der Waals surface area (Å²) in [6.45, 7) is 9.72. The van der Waals surface area contributed by atoms with E-state index in [0.717, 1.165) is 48.8 Å².